The Balaban J connectivity index is 1.65. The zero-order valence-corrected chi connectivity index (χ0v) is 16.8. The standard InChI is InChI=1S/C19H20BrN3O2S/c1-26-17-11-5-14(6-12-17)13-21-23-19(25)4-2-3-18(24)22-16-9-7-15(20)8-10-16/h5-13H,2-4H2,1H3,(H,22,24)(H,23,25)/b21-13-. The Morgan fingerprint density at radius 3 is 2.35 bits per heavy atom. The first kappa shape index (κ1) is 20.2. The van der Waals surface area contributed by atoms with Gasteiger partial charge in [0.25, 0.3) is 0 Å². The number of amides is 2. The number of carbonyl (C=O) groups is 2. The Bertz CT molecular complexity index is 761. The van der Waals surface area contributed by atoms with Crippen LogP contribution in [0.5, 0.6) is 0 Å². The highest BCUT2D eigenvalue weighted by Gasteiger charge is 2.05. The third-order valence-electron chi connectivity index (χ3n) is 3.45. The SMILES string of the molecule is CSc1ccc(/C=N\NC(=O)CCCC(=O)Nc2ccc(Br)cc2)cc1. The van der Waals surface area contributed by atoms with Crippen LogP contribution in [0.4, 0.5) is 5.69 Å². The summed E-state index contributed by atoms with van der Waals surface area (Å²) in [7, 11) is 0. The summed E-state index contributed by atoms with van der Waals surface area (Å²) in [6.07, 6.45) is 4.61. The van der Waals surface area contributed by atoms with Crippen LogP contribution in [0.2, 0.25) is 0 Å². The summed E-state index contributed by atoms with van der Waals surface area (Å²) in [5, 5.41) is 6.73. The third kappa shape index (κ3) is 7.41. The van der Waals surface area contributed by atoms with Gasteiger partial charge in [0.15, 0.2) is 0 Å². The van der Waals surface area contributed by atoms with E-state index in [4.69, 9.17) is 0 Å². The van der Waals surface area contributed by atoms with Crippen molar-refractivity contribution in [1.29, 1.82) is 0 Å². The van der Waals surface area contributed by atoms with Crippen LogP contribution < -0.4 is 10.7 Å². The molecule has 2 aromatic carbocycles. The molecule has 0 atom stereocenters. The molecule has 0 bridgehead atoms. The second kappa shape index (κ2) is 10.8. The molecule has 0 radical (unpaired) electrons. The normalized spacial score (nSPS) is 10.7. The van der Waals surface area contributed by atoms with E-state index in [2.05, 4.69) is 31.8 Å². The monoisotopic (exact) mass is 433 g/mol. The highest BCUT2D eigenvalue weighted by molar-refractivity contribution is 9.10. The van der Waals surface area contributed by atoms with Crippen LogP contribution in [0.3, 0.4) is 0 Å². The van der Waals surface area contributed by atoms with Gasteiger partial charge in [0.1, 0.15) is 0 Å². The number of hydrogen-bond acceptors (Lipinski definition) is 4. The number of hydrazone groups is 1. The first-order valence-corrected chi connectivity index (χ1v) is 10.1. The van der Waals surface area contributed by atoms with Crippen LogP contribution in [-0.4, -0.2) is 24.3 Å². The Labute approximate surface area is 165 Å². The molecular formula is C19H20BrN3O2S. The second-order valence-corrected chi connectivity index (χ2v) is 7.27. The first-order valence-electron chi connectivity index (χ1n) is 8.08. The van der Waals surface area contributed by atoms with Gasteiger partial charge in [-0.15, -0.1) is 11.8 Å². The van der Waals surface area contributed by atoms with Crippen LogP contribution in [0.25, 0.3) is 0 Å². The minimum atomic E-state index is -0.210. The number of thioether (sulfide) groups is 1. The van der Waals surface area contributed by atoms with Crippen LogP contribution in [-0.2, 0) is 9.59 Å². The molecule has 0 spiro atoms. The van der Waals surface area contributed by atoms with Crippen molar-refractivity contribution in [2.45, 2.75) is 24.2 Å². The number of benzene rings is 2. The third-order valence-corrected chi connectivity index (χ3v) is 4.73. The lowest BCUT2D eigenvalue weighted by Gasteiger charge is -2.05. The molecule has 2 rings (SSSR count). The van der Waals surface area contributed by atoms with Crippen molar-refractivity contribution in [3.8, 4) is 0 Å². The van der Waals surface area contributed by atoms with E-state index in [1.165, 1.54) is 4.90 Å². The highest BCUT2D eigenvalue weighted by atomic mass is 79.9. The molecule has 26 heavy (non-hydrogen) atoms. The number of nitrogens with zero attached hydrogens (tertiary/aromatic N) is 1. The molecule has 0 aliphatic carbocycles. The molecule has 0 fully saturated rings. The van der Waals surface area contributed by atoms with E-state index in [1.807, 2.05) is 54.8 Å². The molecule has 2 amide bonds. The van der Waals surface area contributed by atoms with Crippen molar-refractivity contribution in [3.63, 3.8) is 0 Å². The lowest BCUT2D eigenvalue weighted by molar-refractivity contribution is -0.121. The lowest BCUT2D eigenvalue weighted by Crippen LogP contribution is -2.18. The summed E-state index contributed by atoms with van der Waals surface area (Å²) in [4.78, 5) is 24.8. The van der Waals surface area contributed by atoms with Crippen molar-refractivity contribution in [1.82, 2.24) is 5.43 Å². The number of carbonyl (C=O) groups excluding carboxylic acids is 2. The lowest BCUT2D eigenvalue weighted by atomic mass is 10.2. The van der Waals surface area contributed by atoms with Gasteiger partial charge in [-0.05, 0) is 54.6 Å². The zero-order valence-electron chi connectivity index (χ0n) is 14.4. The molecule has 0 saturated heterocycles. The molecule has 136 valence electrons. The molecule has 0 aromatic heterocycles. The number of nitrogens with one attached hydrogen (secondary N) is 2. The number of anilines is 1. The molecular weight excluding hydrogens is 414 g/mol. The molecule has 5 nitrogen and oxygen atoms in total. The predicted octanol–water partition coefficient (Wildman–Crippen LogP) is 4.43. The number of halogens is 1. The average Bonchev–Trinajstić information content (AvgIpc) is 2.64. The minimum Gasteiger partial charge on any atom is -0.326 e. The number of hydrogen-bond donors (Lipinski definition) is 2. The summed E-state index contributed by atoms with van der Waals surface area (Å²) < 4.78 is 0.952. The average molecular weight is 434 g/mol. The summed E-state index contributed by atoms with van der Waals surface area (Å²) in [6.45, 7) is 0. The van der Waals surface area contributed by atoms with Gasteiger partial charge in [-0.3, -0.25) is 9.59 Å². The minimum absolute atomic E-state index is 0.113. The van der Waals surface area contributed by atoms with Crippen LogP contribution >= 0.6 is 27.7 Å². The highest BCUT2D eigenvalue weighted by Crippen LogP contribution is 2.15. The van der Waals surface area contributed by atoms with Gasteiger partial charge in [-0.2, -0.15) is 5.10 Å². The Morgan fingerprint density at radius 1 is 1.04 bits per heavy atom. The van der Waals surface area contributed by atoms with E-state index < -0.39 is 0 Å². The molecule has 2 N–H and O–H groups in total. The summed E-state index contributed by atoms with van der Waals surface area (Å²) in [5.41, 5.74) is 4.13. The van der Waals surface area contributed by atoms with Gasteiger partial charge in [0, 0.05) is 27.9 Å². The molecule has 0 heterocycles. The maximum absolute atomic E-state index is 11.8. The van der Waals surface area contributed by atoms with Crippen molar-refractivity contribution < 1.29 is 9.59 Å². The first-order chi connectivity index (χ1) is 12.6. The second-order valence-electron chi connectivity index (χ2n) is 5.47. The van der Waals surface area contributed by atoms with Crippen LogP contribution in [0.15, 0.2) is 63.0 Å². The van der Waals surface area contributed by atoms with Crippen LogP contribution in [0, 0.1) is 0 Å². The fourth-order valence-corrected chi connectivity index (χ4v) is 2.76. The molecule has 2 aromatic rings. The number of rotatable bonds is 8. The van der Waals surface area contributed by atoms with Crippen LogP contribution in [0.1, 0.15) is 24.8 Å². The quantitative estimate of drug-likeness (QED) is 0.367. The molecule has 7 heteroatoms. The largest absolute Gasteiger partial charge is 0.326 e. The summed E-state index contributed by atoms with van der Waals surface area (Å²) in [6, 6.07) is 15.2. The van der Waals surface area contributed by atoms with Gasteiger partial charge in [-0.25, -0.2) is 5.43 Å². The molecule has 0 aliphatic rings. The van der Waals surface area contributed by atoms with E-state index in [0.29, 0.717) is 6.42 Å². The molecule has 0 aliphatic heterocycles. The van der Waals surface area contributed by atoms with E-state index in [1.54, 1.807) is 18.0 Å². The van der Waals surface area contributed by atoms with Gasteiger partial charge in [-0.1, -0.05) is 28.1 Å². The summed E-state index contributed by atoms with van der Waals surface area (Å²) in [5.74, 6) is -0.323. The van der Waals surface area contributed by atoms with Crippen molar-refractivity contribution in [3.05, 3.63) is 58.6 Å². The maximum Gasteiger partial charge on any atom is 0.240 e. The smallest absolute Gasteiger partial charge is 0.240 e. The van der Waals surface area contributed by atoms with E-state index in [0.717, 1.165) is 15.7 Å². The van der Waals surface area contributed by atoms with Gasteiger partial charge >= 0.3 is 0 Å². The van der Waals surface area contributed by atoms with E-state index in [-0.39, 0.29) is 24.7 Å². The predicted molar refractivity (Wildman–Crippen MR) is 111 cm³/mol. The van der Waals surface area contributed by atoms with Gasteiger partial charge < -0.3 is 5.32 Å². The van der Waals surface area contributed by atoms with Crippen molar-refractivity contribution >= 4 is 51.4 Å². The Kier molecular flexibility index (Phi) is 8.37. The van der Waals surface area contributed by atoms with Gasteiger partial charge in [0.05, 0.1) is 6.21 Å². The topological polar surface area (TPSA) is 70.6 Å². The Morgan fingerprint density at radius 2 is 1.69 bits per heavy atom. The molecule has 0 saturated carbocycles. The fraction of sp³-hybridized carbons (Fsp3) is 0.211. The van der Waals surface area contributed by atoms with Crippen molar-refractivity contribution in [2.24, 2.45) is 5.10 Å². The van der Waals surface area contributed by atoms with Gasteiger partial charge in [0.2, 0.25) is 11.8 Å². The van der Waals surface area contributed by atoms with E-state index >= 15 is 0 Å². The Hall–Kier alpha value is -2.12. The molecule has 0 unspecified atom stereocenters. The van der Waals surface area contributed by atoms with Crippen molar-refractivity contribution in [2.75, 3.05) is 11.6 Å². The van der Waals surface area contributed by atoms with E-state index in [9.17, 15) is 9.59 Å². The summed E-state index contributed by atoms with van der Waals surface area (Å²) >= 11 is 5.01. The zero-order chi connectivity index (χ0) is 18.8. The maximum atomic E-state index is 11.8. The fourth-order valence-electron chi connectivity index (χ4n) is 2.09.